The van der Waals surface area contributed by atoms with Crippen molar-refractivity contribution >= 4 is 19.8 Å². The van der Waals surface area contributed by atoms with Crippen LogP contribution in [-0.2, 0) is 32.7 Å². The highest BCUT2D eigenvalue weighted by Gasteiger charge is 2.26. The third-order valence-corrected chi connectivity index (χ3v) is 16.2. The average molecular weight is 1180 g/mol. The number of rotatable bonds is 66. The number of carbonyl (C=O) groups is 2. The van der Waals surface area contributed by atoms with Crippen LogP contribution in [-0.4, -0.2) is 49.3 Å². The van der Waals surface area contributed by atoms with Gasteiger partial charge in [-0.25, -0.2) is 4.57 Å². The summed E-state index contributed by atoms with van der Waals surface area (Å²) < 4.78 is 33.2. The number of nitrogens with two attached hydrogens (primary N) is 1. The lowest BCUT2D eigenvalue weighted by Gasteiger charge is -2.19. The third-order valence-electron chi connectivity index (χ3n) is 15.3. The van der Waals surface area contributed by atoms with Gasteiger partial charge >= 0.3 is 19.8 Å². The summed E-state index contributed by atoms with van der Waals surface area (Å²) in [6, 6.07) is 0. The quantitative estimate of drug-likeness (QED) is 0.0264. The van der Waals surface area contributed by atoms with Gasteiger partial charge in [-0.05, 0) is 89.9 Å². The summed E-state index contributed by atoms with van der Waals surface area (Å²) in [6.07, 6.45) is 91.1. The fourth-order valence-electron chi connectivity index (χ4n) is 10.1. The standard InChI is InChI=1S/C73H132NO8P/c1-3-5-7-9-11-13-15-17-19-21-23-25-27-28-29-30-31-32-33-34-35-36-37-38-39-40-41-42-44-46-48-50-52-54-56-58-60-62-64-66-73(76)82-71(70-81-83(77,78)80-68-67-74)69-79-72(75)65-63-61-59-57-55-53-51-49-47-45-43-26-24-22-20-18-16-14-12-10-8-6-4-2/h5,7,11,13,17,19,22-25,28-29,31-32,71H,3-4,6,8-10,12,14-16,18,20-21,26-27,30,33-70,74H2,1-2H3,(H,77,78)/b7-5-,13-11-,19-17-,24-22-,25-23-,29-28-,32-31-. The molecule has 0 saturated carbocycles. The highest BCUT2D eigenvalue weighted by molar-refractivity contribution is 7.47. The monoisotopic (exact) mass is 1180 g/mol. The van der Waals surface area contributed by atoms with Crippen molar-refractivity contribution in [3.63, 3.8) is 0 Å². The molecule has 0 fully saturated rings. The van der Waals surface area contributed by atoms with Crippen molar-refractivity contribution in [3.8, 4) is 0 Å². The topological polar surface area (TPSA) is 134 Å². The van der Waals surface area contributed by atoms with E-state index in [2.05, 4.69) is 98.9 Å². The molecule has 2 atom stereocenters. The van der Waals surface area contributed by atoms with Gasteiger partial charge in [-0.2, -0.15) is 0 Å². The smallest absolute Gasteiger partial charge is 0.462 e. The summed E-state index contributed by atoms with van der Waals surface area (Å²) >= 11 is 0. The maximum atomic E-state index is 12.8. The zero-order valence-corrected chi connectivity index (χ0v) is 55.1. The third kappa shape index (κ3) is 68.2. The Morgan fingerprint density at radius 3 is 1.00 bits per heavy atom. The molecule has 0 aliphatic carbocycles. The Balaban J connectivity index is 3.83. The average Bonchev–Trinajstić information content (AvgIpc) is 3.48. The van der Waals surface area contributed by atoms with Gasteiger partial charge < -0.3 is 20.1 Å². The molecule has 0 amide bonds. The molecule has 0 aromatic carbocycles. The van der Waals surface area contributed by atoms with E-state index in [-0.39, 0.29) is 38.6 Å². The SMILES string of the molecule is CC/C=C\C/C=C\C/C=C\C/C=C\C/C=C\C/C=C\CCCCCCCCCCCCCCCCCCCCCCC(=O)OC(COC(=O)CCCCCCCCCCCCC/C=C\CCCCCCCCCC)COP(=O)(O)OCCN. The molecule has 0 bridgehead atoms. The van der Waals surface area contributed by atoms with Crippen molar-refractivity contribution in [3.05, 3.63) is 85.1 Å². The van der Waals surface area contributed by atoms with Gasteiger partial charge in [0.15, 0.2) is 6.10 Å². The van der Waals surface area contributed by atoms with Gasteiger partial charge in [0.1, 0.15) is 6.61 Å². The Kier molecular flexibility index (Phi) is 66.0. The molecule has 0 heterocycles. The van der Waals surface area contributed by atoms with Gasteiger partial charge in [-0.3, -0.25) is 18.6 Å². The number of carbonyl (C=O) groups excluding carboxylic acids is 2. The van der Waals surface area contributed by atoms with Crippen LogP contribution < -0.4 is 5.73 Å². The first-order valence-electron chi connectivity index (χ1n) is 35.1. The fourth-order valence-corrected chi connectivity index (χ4v) is 10.9. The van der Waals surface area contributed by atoms with Crippen molar-refractivity contribution in [2.45, 2.75) is 341 Å². The Bertz CT molecular complexity index is 1640. The number of allylic oxidation sites excluding steroid dienone is 14. The van der Waals surface area contributed by atoms with Crippen LogP contribution in [0.25, 0.3) is 0 Å². The summed E-state index contributed by atoms with van der Waals surface area (Å²) in [5.74, 6) is -0.814. The molecule has 0 aromatic rings. The summed E-state index contributed by atoms with van der Waals surface area (Å²) in [5.41, 5.74) is 5.40. The van der Waals surface area contributed by atoms with Crippen LogP contribution >= 0.6 is 7.82 Å². The molecule has 0 aliphatic rings. The number of phosphoric ester groups is 1. The molecule has 10 heteroatoms. The Morgan fingerprint density at radius 1 is 0.373 bits per heavy atom. The minimum Gasteiger partial charge on any atom is -0.462 e. The molecule has 0 aromatic heterocycles. The molecule has 0 rings (SSSR count). The molecule has 9 nitrogen and oxygen atoms in total. The second-order valence-corrected chi connectivity index (χ2v) is 24.8. The summed E-state index contributed by atoms with van der Waals surface area (Å²) in [5, 5.41) is 0. The van der Waals surface area contributed by atoms with Gasteiger partial charge in [-0.15, -0.1) is 0 Å². The van der Waals surface area contributed by atoms with E-state index in [9.17, 15) is 19.0 Å². The summed E-state index contributed by atoms with van der Waals surface area (Å²) in [7, 11) is -4.39. The minimum atomic E-state index is -4.39. The fraction of sp³-hybridized carbons (Fsp3) is 0.781. The molecule has 83 heavy (non-hydrogen) atoms. The van der Waals surface area contributed by atoms with Crippen molar-refractivity contribution in [2.24, 2.45) is 5.73 Å². The normalized spacial score (nSPS) is 13.4. The van der Waals surface area contributed by atoms with Crippen molar-refractivity contribution in [2.75, 3.05) is 26.4 Å². The molecule has 2 unspecified atom stereocenters. The van der Waals surface area contributed by atoms with E-state index in [4.69, 9.17) is 24.3 Å². The first-order valence-corrected chi connectivity index (χ1v) is 36.6. The van der Waals surface area contributed by atoms with Crippen LogP contribution in [0.15, 0.2) is 85.1 Å². The maximum absolute atomic E-state index is 12.8. The van der Waals surface area contributed by atoms with Crippen LogP contribution in [0.5, 0.6) is 0 Å². The lowest BCUT2D eigenvalue weighted by atomic mass is 10.0. The minimum absolute atomic E-state index is 0.0532. The first kappa shape index (κ1) is 80.2. The number of esters is 2. The molecular formula is C73H132NO8P. The Morgan fingerprint density at radius 2 is 0.663 bits per heavy atom. The zero-order valence-electron chi connectivity index (χ0n) is 54.2. The van der Waals surface area contributed by atoms with E-state index in [1.165, 1.54) is 231 Å². The number of hydrogen-bond donors (Lipinski definition) is 2. The second-order valence-electron chi connectivity index (χ2n) is 23.4. The van der Waals surface area contributed by atoms with Gasteiger partial charge in [0.05, 0.1) is 13.2 Å². The van der Waals surface area contributed by atoms with Gasteiger partial charge in [0.25, 0.3) is 0 Å². The van der Waals surface area contributed by atoms with E-state index in [1.54, 1.807) is 0 Å². The van der Waals surface area contributed by atoms with E-state index < -0.39 is 26.5 Å². The van der Waals surface area contributed by atoms with E-state index in [0.717, 1.165) is 70.6 Å². The van der Waals surface area contributed by atoms with Crippen LogP contribution in [0.1, 0.15) is 335 Å². The van der Waals surface area contributed by atoms with Gasteiger partial charge in [-0.1, -0.05) is 317 Å². The predicted molar refractivity (Wildman–Crippen MR) is 358 cm³/mol. The predicted octanol–water partition coefficient (Wildman–Crippen LogP) is 23.0. The van der Waals surface area contributed by atoms with Crippen LogP contribution in [0, 0.1) is 0 Å². The van der Waals surface area contributed by atoms with Crippen LogP contribution in [0.2, 0.25) is 0 Å². The van der Waals surface area contributed by atoms with Crippen LogP contribution in [0.4, 0.5) is 0 Å². The number of phosphoric acid groups is 1. The second kappa shape index (κ2) is 68.3. The van der Waals surface area contributed by atoms with E-state index in [1.807, 2.05) is 0 Å². The summed E-state index contributed by atoms with van der Waals surface area (Å²) in [6.45, 7) is 3.68. The van der Waals surface area contributed by atoms with Crippen molar-refractivity contribution in [1.29, 1.82) is 0 Å². The molecule has 0 saturated heterocycles. The maximum Gasteiger partial charge on any atom is 0.472 e. The largest absolute Gasteiger partial charge is 0.472 e. The summed E-state index contributed by atoms with van der Waals surface area (Å²) in [4.78, 5) is 35.3. The molecule has 482 valence electrons. The lowest BCUT2D eigenvalue weighted by molar-refractivity contribution is -0.161. The van der Waals surface area contributed by atoms with Crippen molar-refractivity contribution < 1.29 is 37.6 Å². The Labute approximate surface area is 513 Å². The van der Waals surface area contributed by atoms with Gasteiger partial charge in [0, 0.05) is 19.4 Å². The molecule has 0 aliphatic heterocycles. The van der Waals surface area contributed by atoms with E-state index >= 15 is 0 Å². The molecule has 3 N–H and O–H groups in total. The first-order chi connectivity index (χ1) is 40.8. The number of unbranched alkanes of at least 4 members (excludes halogenated alkanes) is 39. The van der Waals surface area contributed by atoms with Crippen molar-refractivity contribution in [1.82, 2.24) is 0 Å². The number of hydrogen-bond acceptors (Lipinski definition) is 8. The van der Waals surface area contributed by atoms with E-state index in [0.29, 0.717) is 6.42 Å². The zero-order chi connectivity index (χ0) is 60.1. The van der Waals surface area contributed by atoms with Gasteiger partial charge in [0.2, 0.25) is 0 Å². The lowest BCUT2D eigenvalue weighted by Crippen LogP contribution is -2.29. The van der Waals surface area contributed by atoms with Crippen LogP contribution in [0.3, 0.4) is 0 Å². The highest BCUT2D eigenvalue weighted by atomic mass is 31.2. The molecule has 0 spiro atoms. The molecular weight excluding hydrogens is 1050 g/mol. The Hall–Kier alpha value is -2.81. The highest BCUT2D eigenvalue weighted by Crippen LogP contribution is 2.43. The number of ether oxygens (including phenoxy) is 2. The molecule has 0 radical (unpaired) electrons.